The Balaban J connectivity index is 2.26. The topological polar surface area (TPSA) is 123 Å². The Morgan fingerprint density at radius 3 is 2.71 bits per heavy atom. The van der Waals surface area contributed by atoms with E-state index in [1.165, 1.54) is 36.7 Å². The lowest BCUT2D eigenvalue weighted by Crippen LogP contribution is -2.17. The van der Waals surface area contributed by atoms with Crippen molar-refractivity contribution in [3.8, 4) is 0 Å². The molecule has 0 saturated carbocycles. The van der Waals surface area contributed by atoms with Crippen LogP contribution in [-0.4, -0.2) is 15.8 Å². The van der Waals surface area contributed by atoms with Gasteiger partial charge in [-0.05, 0) is 28.1 Å². The number of amides is 1. The number of nitrogens with one attached hydrogen (secondary N) is 2. The maximum atomic E-state index is 12.2. The van der Waals surface area contributed by atoms with Gasteiger partial charge >= 0.3 is 0 Å². The Hall–Kier alpha value is -2.52. The van der Waals surface area contributed by atoms with E-state index in [9.17, 15) is 14.9 Å². The van der Waals surface area contributed by atoms with Gasteiger partial charge in [-0.1, -0.05) is 0 Å². The van der Waals surface area contributed by atoms with Crippen LogP contribution in [0.25, 0.3) is 0 Å². The molecule has 108 valence electrons. The minimum absolute atomic E-state index is 0.0758. The van der Waals surface area contributed by atoms with Crippen molar-refractivity contribution in [3.63, 3.8) is 0 Å². The Bertz CT molecular complexity index is 707. The molecule has 8 nitrogen and oxygen atoms in total. The van der Waals surface area contributed by atoms with Gasteiger partial charge in [-0.2, -0.15) is 0 Å². The van der Waals surface area contributed by atoms with E-state index in [1.54, 1.807) is 0 Å². The summed E-state index contributed by atoms with van der Waals surface area (Å²) in [5.41, 5.74) is 3.38. The lowest BCUT2D eigenvalue weighted by atomic mass is 10.2. The first kappa shape index (κ1) is 14.9. The van der Waals surface area contributed by atoms with E-state index in [0.717, 1.165) is 0 Å². The minimum atomic E-state index is -0.518. The van der Waals surface area contributed by atoms with Gasteiger partial charge in [-0.15, -0.1) is 0 Å². The van der Waals surface area contributed by atoms with Gasteiger partial charge in [0.2, 0.25) is 0 Å². The Morgan fingerprint density at radius 2 is 2.10 bits per heavy atom. The molecule has 9 heteroatoms. The van der Waals surface area contributed by atoms with Crippen LogP contribution in [0.15, 0.2) is 41.1 Å². The smallest absolute Gasteiger partial charge is 0.270 e. The first-order valence-electron chi connectivity index (χ1n) is 5.69. The van der Waals surface area contributed by atoms with E-state index < -0.39 is 10.8 Å². The monoisotopic (exact) mass is 351 g/mol. The average molecular weight is 352 g/mol. The number of carbonyl (C=O) groups is 1. The molecule has 0 spiro atoms. The fraction of sp³-hybridized carbons (Fsp3) is 0. The van der Waals surface area contributed by atoms with Gasteiger partial charge in [0, 0.05) is 22.8 Å². The molecule has 1 heterocycles. The van der Waals surface area contributed by atoms with Gasteiger partial charge in [-0.3, -0.25) is 25.7 Å². The summed E-state index contributed by atoms with van der Waals surface area (Å²) in [7, 11) is 0. The summed E-state index contributed by atoms with van der Waals surface area (Å²) in [6.45, 7) is 0. The van der Waals surface area contributed by atoms with E-state index in [1.807, 2.05) is 0 Å². The highest BCUT2D eigenvalue weighted by Crippen LogP contribution is 2.28. The van der Waals surface area contributed by atoms with Crippen LogP contribution in [-0.2, 0) is 0 Å². The molecule has 0 atom stereocenters. The zero-order chi connectivity index (χ0) is 15.4. The molecular formula is C12H10BrN5O3. The molecule has 0 radical (unpaired) electrons. The van der Waals surface area contributed by atoms with Gasteiger partial charge < -0.3 is 10.7 Å². The second-order valence-electron chi connectivity index (χ2n) is 3.94. The lowest BCUT2D eigenvalue weighted by Gasteiger charge is -2.10. The number of carbonyl (C=O) groups excluding carboxylic acids is 1. The summed E-state index contributed by atoms with van der Waals surface area (Å²) in [5, 5.41) is 13.3. The number of hydrogen-bond donors (Lipinski definition) is 3. The Kier molecular flexibility index (Phi) is 4.45. The summed E-state index contributed by atoms with van der Waals surface area (Å²) >= 11 is 3.18. The zero-order valence-corrected chi connectivity index (χ0v) is 12.1. The molecule has 0 fully saturated rings. The fourth-order valence-corrected chi connectivity index (χ4v) is 2.08. The summed E-state index contributed by atoms with van der Waals surface area (Å²) < 4.78 is 0.404. The number of halogens is 1. The van der Waals surface area contributed by atoms with Crippen LogP contribution in [0.3, 0.4) is 0 Å². The molecular weight excluding hydrogens is 342 g/mol. The van der Waals surface area contributed by atoms with Crippen molar-refractivity contribution in [2.75, 3.05) is 10.7 Å². The number of aromatic nitrogens is 1. The maximum absolute atomic E-state index is 12.2. The molecule has 1 aromatic carbocycles. The number of hydrazine groups is 1. The number of non-ortho nitro benzene ring substituents is 1. The number of benzene rings is 1. The van der Waals surface area contributed by atoms with Crippen molar-refractivity contribution >= 4 is 38.9 Å². The van der Waals surface area contributed by atoms with E-state index in [0.29, 0.717) is 21.4 Å². The predicted octanol–water partition coefficient (Wildman–Crippen LogP) is 2.29. The number of nitrogen functional groups attached to an aromatic ring is 1. The molecule has 0 unspecified atom stereocenters. The number of rotatable bonds is 4. The normalized spacial score (nSPS) is 10.0. The third kappa shape index (κ3) is 3.33. The van der Waals surface area contributed by atoms with Gasteiger partial charge in [0.15, 0.2) is 0 Å². The van der Waals surface area contributed by atoms with Crippen LogP contribution in [0.1, 0.15) is 10.4 Å². The lowest BCUT2D eigenvalue weighted by molar-refractivity contribution is -0.384. The summed E-state index contributed by atoms with van der Waals surface area (Å²) in [6, 6.07) is 5.56. The molecule has 1 amide bonds. The minimum Gasteiger partial charge on any atom is -0.322 e. The third-order valence-electron chi connectivity index (χ3n) is 2.63. The van der Waals surface area contributed by atoms with Crippen molar-refractivity contribution < 1.29 is 9.72 Å². The first-order valence-corrected chi connectivity index (χ1v) is 6.48. The summed E-state index contributed by atoms with van der Waals surface area (Å²) in [4.78, 5) is 26.2. The van der Waals surface area contributed by atoms with Crippen molar-refractivity contribution in [3.05, 3.63) is 56.8 Å². The third-order valence-corrected chi connectivity index (χ3v) is 3.29. The SMILES string of the molecule is NNc1cnccc1C(=O)Nc1ccc([N+](=O)[O-])cc1Br. The second-order valence-corrected chi connectivity index (χ2v) is 4.80. The molecule has 4 N–H and O–H groups in total. The van der Waals surface area contributed by atoms with Crippen LogP contribution in [0.4, 0.5) is 17.1 Å². The number of nitro groups is 1. The Morgan fingerprint density at radius 1 is 1.33 bits per heavy atom. The number of nitro benzene ring substituents is 1. The van der Waals surface area contributed by atoms with Gasteiger partial charge in [0.25, 0.3) is 11.6 Å². The largest absolute Gasteiger partial charge is 0.322 e. The van der Waals surface area contributed by atoms with Crippen molar-refractivity contribution in [1.82, 2.24) is 4.98 Å². The number of anilines is 2. The van der Waals surface area contributed by atoms with Crippen LogP contribution in [0.5, 0.6) is 0 Å². The van der Waals surface area contributed by atoms with Crippen LogP contribution in [0, 0.1) is 10.1 Å². The fourth-order valence-electron chi connectivity index (χ4n) is 1.62. The maximum Gasteiger partial charge on any atom is 0.270 e. The average Bonchev–Trinajstić information content (AvgIpc) is 2.48. The standard InChI is InChI=1S/C12H10BrN5O3/c13-9-5-7(18(20)21)1-2-10(9)16-12(19)8-3-4-15-6-11(8)17-14/h1-6,17H,14H2,(H,16,19). The number of nitrogens with zero attached hydrogens (tertiary/aromatic N) is 2. The number of nitrogens with two attached hydrogens (primary N) is 1. The zero-order valence-electron chi connectivity index (χ0n) is 10.5. The van der Waals surface area contributed by atoms with E-state index in [2.05, 4.69) is 31.7 Å². The molecule has 0 saturated heterocycles. The second kappa shape index (κ2) is 6.29. The highest BCUT2D eigenvalue weighted by atomic mass is 79.9. The highest BCUT2D eigenvalue weighted by molar-refractivity contribution is 9.10. The quantitative estimate of drug-likeness (QED) is 0.441. The van der Waals surface area contributed by atoms with E-state index in [-0.39, 0.29) is 5.69 Å². The van der Waals surface area contributed by atoms with Crippen LogP contribution in [0.2, 0.25) is 0 Å². The molecule has 0 aliphatic heterocycles. The molecule has 2 rings (SSSR count). The molecule has 21 heavy (non-hydrogen) atoms. The molecule has 2 aromatic rings. The molecule has 0 aliphatic rings. The van der Waals surface area contributed by atoms with Gasteiger partial charge in [0.1, 0.15) is 0 Å². The van der Waals surface area contributed by atoms with Gasteiger partial charge in [-0.25, -0.2) is 0 Å². The highest BCUT2D eigenvalue weighted by Gasteiger charge is 2.14. The van der Waals surface area contributed by atoms with E-state index >= 15 is 0 Å². The molecule has 0 bridgehead atoms. The Labute approximate surface area is 127 Å². The van der Waals surface area contributed by atoms with Crippen LogP contribution >= 0.6 is 15.9 Å². The predicted molar refractivity (Wildman–Crippen MR) is 80.8 cm³/mol. The summed E-state index contributed by atoms with van der Waals surface area (Å²) in [6.07, 6.45) is 2.88. The number of hydrogen-bond acceptors (Lipinski definition) is 6. The van der Waals surface area contributed by atoms with Gasteiger partial charge in [0.05, 0.1) is 28.1 Å². The van der Waals surface area contributed by atoms with E-state index in [4.69, 9.17) is 5.84 Å². The first-order chi connectivity index (χ1) is 10.0. The van der Waals surface area contributed by atoms with Crippen molar-refractivity contribution in [1.29, 1.82) is 0 Å². The van der Waals surface area contributed by atoms with Crippen molar-refractivity contribution in [2.24, 2.45) is 5.84 Å². The molecule has 1 aromatic heterocycles. The van der Waals surface area contributed by atoms with Crippen LogP contribution < -0.4 is 16.6 Å². The summed E-state index contributed by atoms with van der Waals surface area (Å²) in [5.74, 6) is 4.89. The number of pyridine rings is 1. The molecule has 0 aliphatic carbocycles. The van der Waals surface area contributed by atoms with Crippen molar-refractivity contribution in [2.45, 2.75) is 0 Å².